The van der Waals surface area contributed by atoms with Gasteiger partial charge in [-0.1, -0.05) is 45.2 Å². The summed E-state index contributed by atoms with van der Waals surface area (Å²) in [5.74, 6) is 1.69. The van der Waals surface area contributed by atoms with Crippen molar-refractivity contribution in [3.8, 4) is 17.2 Å². The summed E-state index contributed by atoms with van der Waals surface area (Å²) < 4.78 is 19.7. The van der Waals surface area contributed by atoms with Gasteiger partial charge < -0.3 is 18.8 Å². The van der Waals surface area contributed by atoms with Gasteiger partial charge in [0.2, 0.25) is 6.79 Å². The fraction of sp³-hybridized carbons (Fsp3) is 0.143. The maximum absolute atomic E-state index is 13.2. The van der Waals surface area contributed by atoms with Gasteiger partial charge in [-0.15, -0.1) is 0 Å². The Labute approximate surface area is 246 Å². The largest absolute Gasteiger partial charge is 0.492 e. The Hall–Kier alpha value is -3.11. The van der Waals surface area contributed by atoms with Gasteiger partial charge in [0.15, 0.2) is 11.5 Å². The van der Waals surface area contributed by atoms with Crippen LogP contribution in [0.25, 0.3) is 17.0 Å². The molecule has 0 aliphatic carbocycles. The van der Waals surface area contributed by atoms with Gasteiger partial charge in [-0.05, 0) is 65.9 Å². The number of carbonyl (C=O) groups is 2. The second-order valence-corrected chi connectivity index (χ2v) is 11.6. The van der Waals surface area contributed by atoms with Crippen LogP contribution in [0.15, 0.2) is 70.2 Å². The van der Waals surface area contributed by atoms with Crippen molar-refractivity contribution in [3.63, 3.8) is 0 Å². The molecular weight excluding hydrogens is 627 g/mol. The number of fused-ring (bicyclic) bond motifs is 2. The molecular formula is C28H19BrCl2N2O5S. The Morgan fingerprint density at radius 2 is 1.87 bits per heavy atom. The maximum Gasteiger partial charge on any atom is 0.293 e. The standard InChI is InChI=1S/C28H19BrCl2N2O5S/c29-18-2-5-23-21(10-18)17(13-32(23)7-8-36-20-4-6-24-25(12-20)38-15-37-24)9-26-27(34)33(28(35)39-26)14-16-1-3-19(30)11-22(16)31/h1-6,9-13H,7-8,14-15H2/b26-9-. The minimum atomic E-state index is -0.363. The van der Waals surface area contributed by atoms with E-state index in [1.165, 1.54) is 4.90 Å². The van der Waals surface area contributed by atoms with Gasteiger partial charge in [0.05, 0.1) is 18.0 Å². The van der Waals surface area contributed by atoms with E-state index in [0.29, 0.717) is 50.9 Å². The molecule has 2 aliphatic rings. The number of carbonyl (C=O) groups excluding carboxylic acids is 2. The molecule has 1 fully saturated rings. The van der Waals surface area contributed by atoms with Crippen LogP contribution in [0, 0.1) is 0 Å². The van der Waals surface area contributed by atoms with Crippen LogP contribution in [0.2, 0.25) is 10.0 Å². The van der Waals surface area contributed by atoms with Gasteiger partial charge in [-0.2, -0.15) is 0 Å². The fourth-order valence-corrected chi connectivity index (χ4v) is 6.08. The van der Waals surface area contributed by atoms with E-state index in [1.54, 1.807) is 24.3 Å². The average molecular weight is 646 g/mol. The highest BCUT2D eigenvalue weighted by molar-refractivity contribution is 9.10. The number of benzene rings is 3. The minimum Gasteiger partial charge on any atom is -0.492 e. The van der Waals surface area contributed by atoms with Crippen molar-refractivity contribution in [2.45, 2.75) is 13.1 Å². The van der Waals surface area contributed by atoms with Crippen molar-refractivity contribution in [1.29, 1.82) is 0 Å². The number of hydrogen-bond acceptors (Lipinski definition) is 6. The van der Waals surface area contributed by atoms with Crippen molar-refractivity contribution >= 4 is 79.0 Å². The molecule has 1 saturated heterocycles. The van der Waals surface area contributed by atoms with Crippen molar-refractivity contribution in [2.24, 2.45) is 0 Å². The molecule has 0 spiro atoms. The summed E-state index contributed by atoms with van der Waals surface area (Å²) in [7, 11) is 0. The molecule has 1 aromatic heterocycles. The second kappa shape index (κ2) is 10.8. The van der Waals surface area contributed by atoms with Gasteiger partial charge in [0.25, 0.3) is 11.1 Å². The highest BCUT2D eigenvalue weighted by Gasteiger charge is 2.35. The Balaban J connectivity index is 1.22. The van der Waals surface area contributed by atoms with E-state index in [1.807, 2.05) is 42.6 Å². The number of hydrogen-bond donors (Lipinski definition) is 0. The molecule has 0 N–H and O–H groups in total. The Bertz CT molecular complexity index is 1670. The highest BCUT2D eigenvalue weighted by Crippen LogP contribution is 2.37. The molecule has 0 unspecified atom stereocenters. The lowest BCUT2D eigenvalue weighted by molar-refractivity contribution is -0.123. The van der Waals surface area contributed by atoms with E-state index in [4.69, 9.17) is 37.4 Å². The van der Waals surface area contributed by atoms with E-state index < -0.39 is 0 Å². The zero-order valence-corrected chi connectivity index (χ0v) is 24.1. The topological polar surface area (TPSA) is 70.0 Å². The van der Waals surface area contributed by atoms with Gasteiger partial charge in [-0.3, -0.25) is 14.5 Å². The maximum atomic E-state index is 13.2. The molecule has 0 bridgehead atoms. The summed E-state index contributed by atoms with van der Waals surface area (Å²) in [6.45, 7) is 1.26. The fourth-order valence-electron chi connectivity index (χ4n) is 4.42. The summed E-state index contributed by atoms with van der Waals surface area (Å²) >= 11 is 16.7. The summed E-state index contributed by atoms with van der Waals surface area (Å²) in [6, 6.07) is 16.4. The predicted octanol–water partition coefficient (Wildman–Crippen LogP) is 7.75. The molecule has 6 rings (SSSR count). The summed E-state index contributed by atoms with van der Waals surface area (Å²) in [4.78, 5) is 27.5. The first kappa shape index (κ1) is 26.1. The molecule has 3 heterocycles. The van der Waals surface area contributed by atoms with E-state index in [9.17, 15) is 9.59 Å². The zero-order valence-electron chi connectivity index (χ0n) is 20.2. The van der Waals surface area contributed by atoms with Crippen molar-refractivity contribution < 1.29 is 23.8 Å². The van der Waals surface area contributed by atoms with Crippen LogP contribution in [0.5, 0.6) is 17.2 Å². The second-order valence-electron chi connectivity index (χ2n) is 8.81. The molecule has 0 atom stereocenters. The first-order valence-electron chi connectivity index (χ1n) is 11.9. The minimum absolute atomic E-state index is 0.0719. The quantitative estimate of drug-likeness (QED) is 0.191. The third kappa shape index (κ3) is 5.36. The third-order valence-electron chi connectivity index (χ3n) is 6.32. The van der Waals surface area contributed by atoms with Gasteiger partial charge >= 0.3 is 0 Å². The van der Waals surface area contributed by atoms with E-state index in [0.717, 1.165) is 32.7 Å². The number of halogens is 3. The van der Waals surface area contributed by atoms with Gasteiger partial charge in [-0.25, -0.2) is 0 Å². The van der Waals surface area contributed by atoms with Gasteiger partial charge in [0.1, 0.15) is 12.4 Å². The first-order chi connectivity index (χ1) is 18.9. The molecule has 4 aromatic rings. The van der Waals surface area contributed by atoms with E-state index in [-0.39, 0.29) is 24.5 Å². The predicted molar refractivity (Wildman–Crippen MR) is 156 cm³/mol. The molecule has 3 aromatic carbocycles. The number of nitrogens with zero attached hydrogens (tertiary/aromatic N) is 2. The van der Waals surface area contributed by atoms with Gasteiger partial charge in [0, 0.05) is 43.2 Å². The molecule has 11 heteroatoms. The highest BCUT2D eigenvalue weighted by atomic mass is 79.9. The zero-order chi connectivity index (χ0) is 27.1. The summed E-state index contributed by atoms with van der Waals surface area (Å²) in [6.07, 6.45) is 3.72. The van der Waals surface area contributed by atoms with Crippen LogP contribution in [-0.4, -0.2) is 34.0 Å². The molecule has 2 amide bonds. The molecule has 39 heavy (non-hydrogen) atoms. The molecule has 0 saturated carbocycles. The Kier molecular flexibility index (Phi) is 7.24. The smallest absolute Gasteiger partial charge is 0.293 e. The lowest BCUT2D eigenvalue weighted by Crippen LogP contribution is -2.27. The Morgan fingerprint density at radius 3 is 2.72 bits per heavy atom. The first-order valence-corrected chi connectivity index (χ1v) is 14.2. The monoisotopic (exact) mass is 644 g/mol. The Morgan fingerprint density at radius 1 is 1.03 bits per heavy atom. The van der Waals surface area contributed by atoms with Crippen molar-refractivity contribution in [3.05, 3.63) is 91.3 Å². The van der Waals surface area contributed by atoms with E-state index >= 15 is 0 Å². The van der Waals surface area contributed by atoms with Crippen LogP contribution in [-0.2, 0) is 17.9 Å². The van der Waals surface area contributed by atoms with Crippen LogP contribution in [0.4, 0.5) is 4.79 Å². The lowest BCUT2D eigenvalue weighted by atomic mass is 10.1. The van der Waals surface area contributed by atoms with E-state index in [2.05, 4.69) is 20.5 Å². The number of imide groups is 1. The van der Waals surface area contributed by atoms with Crippen LogP contribution in [0.1, 0.15) is 11.1 Å². The van der Waals surface area contributed by atoms with Crippen LogP contribution >= 0.6 is 50.9 Å². The number of ether oxygens (including phenoxy) is 3. The summed E-state index contributed by atoms with van der Waals surface area (Å²) in [5.41, 5.74) is 2.45. The summed E-state index contributed by atoms with van der Waals surface area (Å²) in [5, 5.41) is 1.49. The normalized spacial score (nSPS) is 15.7. The third-order valence-corrected chi connectivity index (χ3v) is 8.31. The number of rotatable bonds is 7. The van der Waals surface area contributed by atoms with Crippen LogP contribution < -0.4 is 14.2 Å². The lowest BCUT2D eigenvalue weighted by Gasteiger charge is -2.13. The number of aromatic nitrogens is 1. The molecule has 7 nitrogen and oxygen atoms in total. The number of amides is 2. The average Bonchev–Trinajstić information content (AvgIpc) is 3.58. The van der Waals surface area contributed by atoms with Crippen LogP contribution in [0.3, 0.4) is 0 Å². The number of thioether (sulfide) groups is 1. The van der Waals surface area contributed by atoms with Crippen molar-refractivity contribution in [2.75, 3.05) is 13.4 Å². The van der Waals surface area contributed by atoms with Crippen molar-refractivity contribution in [1.82, 2.24) is 9.47 Å². The SMILES string of the molecule is O=C1S/C(=C\c2cn(CCOc3ccc4c(c3)OCO4)c3ccc(Br)cc23)C(=O)N1Cc1ccc(Cl)cc1Cl. The molecule has 0 radical (unpaired) electrons. The molecule has 2 aliphatic heterocycles. The molecule has 198 valence electrons.